The topological polar surface area (TPSA) is 15.3 Å². The van der Waals surface area contributed by atoms with Crippen molar-refractivity contribution in [2.24, 2.45) is 5.92 Å². The van der Waals surface area contributed by atoms with Gasteiger partial charge in [-0.1, -0.05) is 19.1 Å². The average Bonchev–Trinajstić information content (AvgIpc) is 2.40. The number of hydrogen-bond acceptors (Lipinski definition) is 2. The molecule has 1 fully saturated rings. The largest absolute Gasteiger partial charge is 0.310 e. The molecule has 0 radical (unpaired) electrons. The monoisotopic (exact) mass is 264 g/mol. The Morgan fingerprint density at radius 3 is 3.00 bits per heavy atom. The van der Waals surface area contributed by atoms with Crippen molar-refractivity contribution in [3.63, 3.8) is 0 Å². The van der Waals surface area contributed by atoms with Gasteiger partial charge in [0, 0.05) is 12.6 Å². The highest BCUT2D eigenvalue weighted by Crippen LogP contribution is 2.20. The Balaban J connectivity index is 1.89. The summed E-state index contributed by atoms with van der Waals surface area (Å²) in [4.78, 5) is 2.40. The Labute approximate surface area is 116 Å². The highest BCUT2D eigenvalue weighted by atomic mass is 19.1. The molecule has 106 valence electrons. The van der Waals surface area contributed by atoms with Gasteiger partial charge in [0.15, 0.2) is 0 Å². The van der Waals surface area contributed by atoms with Gasteiger partial charge in [0.25, 0.3) is 0 Å². The van der Waals surface area contributed by atoms with Crippen LogP contribution in [-0.2, 0) is 0 Å². The molecule has 1 aromatic rings. The van der Waals surface area contributed by atoms with E-state index in [1.54, 1.807) is 12.1 Å². The van der Waals surface area contributed by atoms with E-state index in [9.17, 15) is 4.39 Å². The Morgan fingerprint density at radius 2 is 2.32 bits per heavy atom. The Hall–Kier alpha value is -0.930. The van der Waals surface area contributed by atoms with Crippen molar-refractivity contribution in [2.45, 2.75) is 32.2 Å². The third-order valence-electron chi connectivity index (χ3n) is 4.03. The average molecular weight is 264 g/mol. The number of nitrogens with zero attached hydrogens (tertiary/aromatic N) is 1. The van der Waals surface area contributed by atoms with Gasteiger partial charge in [-0.2, -0.15) is 0 Å². The number of hydrogen-bond donors (Lipinski definition) is 1. The van der Waals surface area contributed by atoms with Crippen LogP contribution in [0, 0.1) is 11.7 Å². The van der Waals surface area contributed by atoms with E-state index in [0.717, 1.165) is 24.4 Å². The zero-order valence-corrected chi connectivity index (χ0v) is 12.0. The lowest BCUT2D eigenvalue weighted by molar-refractivity contribution is 0.202. The van der Waals surface area contributed by atoms with E-state index < -0.39 is 0 Å². The first-order valence-corrected chi connectivity index (χ1v) is 7.36. The fourth-order valence-corrected chi connectivity index (χ4v) is 2.97. The van der Waals surface area contributed by atoms with Crippen molar-refractivity contribution in [1.29, 1.82) is 0 Å². The fourth-order valence-electron chi connectivity index (χ4n) is 2.97. The Morgan fingerprint density at radius 1 is 1.47 bits per heavy atom. The molecule has 0 aromatic heterocycles. The van der Waals surface area contributed by atoms with Gasteiger partial charge in [0.05, 0.1) is 0 Å². The molecule has 2 rings (SSSR count). The minimum absolute atomic E-state index is 0.143. The van der Waals surface area contributed by atoms with E-state index in [0.29, 0.717) is 0 Å². The molecule has 0 bridgehead atoms. The second kappa shape index (κ2) is 7.01. The molecule has 19 heavy (non-hydrogen) atoms. The molecular formula is C16H25FN2. The number of rotatable bonds is 5. The van der Waals surface area contributed by atoms with Gasteiger partial charge >= 0.3 is 0 Å². The maximum atomic E-state index is 13.3. The first kappa shape index (κ1) is 14.5. The van der Waals surface area contributed by atoms with Crippen LogP contribution in [0.1, 0.15) is 37.8 Å². The van der Waals surface area contributed by atoms with Crippen LogP contribution in [0.5, 0.6) is 0 Å². The molecule has 1 saturated heterocycles. The third kappa shape index (κ3) is 4.29. The maximum Gasteiger partial charge on any atom is 0.123 e. The molecule has 2 nitrogen and oxygen atoms in total. The van der Waals surface area contributed by atoms with Crippen LogP contribution in [0.3, 0.4) is 0 Å². The van der Waals surface area contributed by atoms with Gasteiger partial charge in [0.1, 0.15) is 5.82 Å². The lowest BCUT2D eigenvalue weighted by Gasteiger charge is -2.31. The van der Waals surface area contributed by atoms with Crippen molar-refractivity contribution in [3.05, 3.63) is 35.6 Å². The van der Waals surface area contributed by atoms with E-state index in [1.165, 1.54) is 32.0 Å². The summed E-state index contributed by atoms with van der Waals surface area (Å²) >= 11 is 0. The number of piperidine rings is 1. The molecule has 3 heteroatoms. The van der Waals surface area contributed by atoms with Crippen LogP contribution in [0.25, 0.3) is 0 Å². The van der Waals surface area contributed by atoms with Crippen molar-refractivity contribution >= 4 is 0 Å². The van der Waals surface area contributed by atoms with Crippen molar-refractivity contribution in [2.75, 3.05) is 26.7 Å². The molecule has 0 saturated carbocycles. The van der Waals surface area contributed by atoms with Gasteiger partial charge in [0.2, 0.25) is 0 Å². The van der Waals surface area contributed by atoms with E-state index in [1.807, 2.05) is 6.07 Å². The number of halogens is 1. The fraction of sp³-hybridized carbons (Fsp3) is 0.625. The van der Waals surface area contributed by atoms with E-state index in [4.69, 9.17) is 0 Å². The maximum absolute atomic E-state index is 13.3. The smallest absolute Gasteiger partial charge is 0.123 e. The quantitative estimate of drug-likeness (QED) is 0.878. The van der Waals surface area contributed by atoms with Gasteiger partial charge in [-0.25, -0.2) is 4.39 Å². The van der Waals surface area contributed by atoms with Crippen molar-refractivity contribution in [1.82, 2.24) is 10.2 Å². The number of nitrogens with one attached hydrogen (secondary N) is 1. The zero-order valence-electron chi connectivity index (χ0n) is 12.0. The first-order valence-electron chi connectivity index (χ1n) is 7.36. The predicted molar refractivity (Wildman–Crippen MR) is 77.7 cm³/mol. The van der Waals surface area contributed by atoms with Crippen molar-refractivity contribution < 1.29 is 4.39 Å². The van der Waals surface area contributed by atoms with Gasteiger partial charge in [-0.3, -0.25) is 0 Å². The van der Waals surface area contributed by atoms with Crippen molar-refractivity contribution in [3.8, 4) is 0 Å². The van der Waals surface area contributed by atoms with E-state index >= 15 is 0 Å². The van der Waals surface area contributed by atoms with Gasteiger partial charge in [-0.05, 0) is 63.0 Å². The summed E-state index contributed by atoms with van der Waals surface area (Å²) < 4.78 is 13.3. The number of benzene rings is 1. The lowest BCUT2D eigenvalue weighted by Crippen LogP contribution is -2.38. The minimum Gasteiger partial charge on any atom is -0.310 e. The molecule has 0 amide bonds. The molecule has 2 atom stereocenters. The normalized spacial score (nSPS) is 22.4. The summed E-state index contributed by atoms with van der Waals surface area (Å²) in [6.07, 6.45) is 3.59. The second-order valence-corrected chi connectivity index (χ2v) is 5.69. The zero-order chi connectivity index (χ0) is 13.7. The Bertz CT molecular complexity index is 394. The molecule has 0 spiro atoms. The molecule has 1 heterocycles. The van der Waals surface area contributed by atoms with Gasteiger partial charge < -0.3 is 10.2 Å². The second-order valence-electron chi connectivity index (χ2n) is 5.69. The summed E-state index contributed by atoms with van der Waals surface area (Å²) in [6.45, 7) is 5.57. The molecule has 2 unspecified atom stereocenters. The van der Waals surface area contributed by atoms with Crippen LogP contribution < -0.4 is 5.32 Å². The first-order chi connectivity index (χ1) is 9.19. The molecule has 1 aliphatic rings. The predicted octanol–water partition coefficient (Wildman–Crippen LogP) is 3.21. The molecule has 1 aromatic carbocycles. The van der Waals surface area contributed by atoms with Crippen LogP contribution in [0.15, 0.2) is 24.3 Å². The number of likely N-dealkylation sites (tertiary alicyclic amines) is 1. The SMILES string of the molecule is CCC(NCC1CCCN(C)C1)c1cccc(F)c1. The summed E-state index contributed by atoms with van der Waals surface area (Å²) in [6, 6.07) is 7.23. The van der Waals surface area contributed by atoms with Crippen LogP contribution in [-0.4, -0.2) is 31.6 Å². The van der Waals surface area contributed by atoms with Gasteiger partial charge in [-0.15, -0.1) is 0 Å². The summed E-state index contributed by atoms with van der Waals surface area (Å²) in [5, 5.41) is 3.61. The summed E-state index contributed by atoms with van der Waals surface area (Å²) in [7, 11) is 2.19. The third-order valence-corrected chi connectivity index (χ3v) is 4.03. The van der Waals surface area contributed by atoms with E-state index in [-0.39, 0.29) is 11.9 Å². The Kier molecular flexibility index (Phi) is 5.34. The highest BCUT2D eigenvalue weighted by molar-refractivity contribution is 5.20. The van der Waals surface area contributed by atoms with Crippen LogP contribution >= 0.6 is 0 Å². The minimum atomic E-state index is -0.143. The summed E-state index contributed by atoms with van der Waals surface area (Å²) in [5.74, 6) is 0.580. The lowest BCUT2D eigenvalue weighted by atomic mass is 9.97. The summed E-state index contributed by atoms with van der Waals surface area (Å²) in [5.41, 5.74) is 1.06. The van der Waals surface area contributed by atoms with Crippen LogP contribution in [0.2, 0.25) is 0 Å². The standard InChI is InChI=1S/C16H25FN2/c1-3-16(14-7-4-8-15(17)10-14)18-11-13-6-5-9-19(2)12-13/h4,7-8,10,13,16,18H,3,5-6,9,11-12H2,1-2H3. The highest BCUT2D eigenvalue weighted by Gasteiger charge is 2.18. The molecular weight excluding hydrogens is 239 g/mol. The van der Waals surface area contributed by atoms with E-state index in [2.05, 4.69) is 24.2 Å². The van der Waals surface area contributed by atoms with Crippen LogP contribution in [0.4, 0.5) is 4.39 Å². The molecule has 1 N–H and O–H groups in total. The molecule has 0 aliphatic carbocycles. The molecule has 1 aliphatic heterocycles.